The molecule has 0 aliphatic carbocycles. The second kappa shape index (κ2) is 6.87. The number of nitrogens with two attached hydrogens (primary N) is 1. The Labute approximate surface area is 112 Å². The number of primary amides is 1. The van der Waals surface area contributed by atoms with Gasteiger partial charge in [-0.15, -0.1) is 0 Å². The zero-order valence-corrected chi connectivity index (χ0v) is 11.1. The number of unbranched alkanes of at least 4 members (excludes halogenated alkanes) is 1. The predicted molar refractivity (Wildman–Crippen MR) is 72.5 cm³/mol. The third-order valence-corrected chi connectivity index (χ3v) is 2.78. The van der Waals surface area contributed by atoms with Crippen LogP contribution in [0, 0.1) is 11.3 Å². The van der Waals surface area contributed by atoms with Crippen molar-refractivity contribution in [3.05, 3.63) is 28.8 Å². The second-order valence-electron chi connectivity index (χ2n) is 4.01. The lowest BCUT2D eigenvalue weighted by Gasteiger charge is -2.24. The minimum Gasteiger partial charge on any atom is -0.368 e. The van der Waals surface area contributed by atoms with Gasteiger partial charge in [0.2, 0.25) is 5.91 Å². The second-order valence-corrected chi connectivity index (χ2v) is 4.45. The molecular formula is C13H16ClN3O. The molecule has 0 heterocycles. The Morgan fingerprint density at radius 3 is 2.83 bits per heavy atom. The lowest BCUT2D eigenvalue weighted by atomic mass is 10.1. The van der Waals surface area contributed by atoms with Gasteiger partial charge in [-0.3, -0.25) is 4.79 Å². The number of benzene rings is 1. The molecule has 4 nitrogen and oxygen atoms in total. The van der Waals surface area contributed by atoms with Gasteiger partial charge in [0.15, 0.2) is 0 Å². The summed E-state index contributed by atoms with van der Waals surface area (Å²) in [6.45, 7) is 2.86. The number of anilines is 1. The van der Waals surface area contributed by atoms with Crippen LogP contribution in [0.4, 0.5) is 5.69 Å². The van der Waals surface area contributed by atoms with E-state index in [-0.39, 0.29) is 6.54 Å². The molecule has 0 saturated carbocycles. The van der Waals surface area contributed by atoms with Gasteiger partial charge in [-0.25, -0.2) is 0 Å². The summed E-state index contributed by atoms with van der Waals surface area (Å²) in [5, 5.41) is 9.60. The number of rotatable bonds is 6. The SMILES string of the molecule is CCCCN(CC(N)=O)c1ccc(Cl)cc1C#N. The van der Waals surface area contributed by atoms with E-state index in [9.17, 15) is 4.79 Å². The Balaban J connectivity index is 3.03. The number of nitriles is 1. The van der Waals surface area contributed by atoms with E-state index in [4.69, 9.17) is 22.6 Å². The molecule has 1 aromatic rings. The molecule has 0 aromatic heterocycles. The van der Waals surface area contributed by atoms with Crippen molar-refractivity contribution < 1.29 is 4.79 Å². The molecule has 0 radical (unpaired) electrons. The standard InChI is InChI=1S/C13H16ClN3O/c1-2-3-6-17(9-13(16)18)12-5-4-11(14)7-10(12)8-15/h4-5,7H,2-3,6,9H2,1H3,(H2,16,18). The molecule has 1 rings (SSSR count). The number of carbonyl (C=O) groups excluding carboxylic acids is 1. The molecule has 0 fully saturated rings. The van der Waals surface area contributed by atoms with E-state index in [1.807, 2.05) is 4.90 Å². The molecule has 1 amide bonds. The summed E-state index contributed by atoms with van der Waals surface area (Å²) in [6, 6.07) is 7.14. The molecular weight excluding hydrogens is 250 g/mol. The van der Waals surface area contributed by atoms with E-state index in [2.05, 4.69) is 13.0 Å². The van der Waals surface area contributed by atoms with Crippen LogP contribution in [0.25, 0.3) is 0 Å². The summed E-state index contributed by atoms with van der Waals surface area (Å²) < 4.78 is 0. The number of carbonyl (C=O) groups is 1. The molecule has 0 spiro atoms. The molecule has 0 unspecified atom stereocenters. The molecule has 0 bridgehead atoms. The van der Waals surface area contributed by atoms with E-state index in [0.29, 0.717) is 22.8 Å². The topological polar surface area (TPSA) is 70.1 Å². The monoisotopic (exact) mass is 265 g/mol. The van der Waals surface area contributed by atoms with Gasteiger partial charge >= 0.3 is 0 Å². The van der Waals surface area contributed by atoms with Gasteiger partial charge in [0.25, 0.3) is 0 Å². The van der Waals surface area contributed by atoms with Crippen molar-refractivity contribution in [2.24, 2.45) is 5.73 Å². The van der Waals surface area contributed by atoms with Gasteiger partial charge in [0, 0.05) is 11.6 Å². The molecule has 0 aliphatic heterocycles. The fourth-order valence-electron chi connectivity index (χ4n) is 1.70. The Hall–Kier alpha value is -1.73. The Morgan fingerprint density at radius 1 is 1.56 bits per heavy atom. The maximum Gasteiger partial charge on any atom is 0.236 e. The van der Waals surface area contributed by atoms with E-state index in [1.165, 1.54) is 0 Å². The van der Waals surface area contributed by atoms with Gasteiger partial charge < -0.3 is 10.6 Å². The quantitative estimate of drug-likeness (QED) is 0.858. The zero-order chi connectivity index (χ0) is 13.5. The summed E-state index contributed by atoms with van der Waals surface area (Å²) in [5.74, 6) is -0.412. The van der Waals surface area contributed by atoms with Crippen molar-refractivity contribution >= 4 is 23.2 Å². The highest BCUT2D eigenvalue weighted by Crippen LogP contribution is 2.24. The number of amides is 1. The van der Waals surface area contributed by atoms with E-state index >= 15 is 0 Å². The van der Waals surface area contributed by atoms with E-state index in [1.54, 1.807) is 18.2 Å². The van der Waals surface area contributed by atoms with Crippen molar-refractivity contribution in [2.45, 2.75) is 19.8 Å². The first-order valence-corrected chi connectivity index (χ1v) is 6.19. The third kappa shape index (κ3) is 3.94. The Kier molecular flexibility index (Phi) is 5.47. The first-order valence-electron chi connectivity index (χ1n) is 5.81. The number of hydrogen-bond acceptors (Lipinski definition) is 3. The van der Waals surface area contributed by atoms with Crippen LogP contribution in [0.1, 0.15) is 25.3 Å². The van der Waals surface area contributed by atoms with Crippen LogP contribution < -0.4 is 10.6 Å². The molecule has 0 atom stereocenters. The highest BCUT2D eigenvalue weighted by atomic mass is 35.5. The van der Waals surface area contributed by atoms with Crippen LogP contribution in [0.15, 0.2) is 18.2 Å². The summed E-state index contributed by atoms with van der Waals surface area (Å²) in [5.41, 5.74) is 6.40. The molecule has 1 aromatic carbocycles. The molecule has 0 saturated heterocycles. The molecule has 96 valence electrons. The normalized spacial score (nSPS) is 9.83. The highest BCUT2D eigenvalue weighted by Gasteiger charge is 2.13. The van der Waals surface area contributed by atoms with Gasteiger partial charge in [0.1, 0.15) is 6.07 Å². The average molecular weight is 266 g/mol. The largest absolute Gasteiger partial charge is 0.368 e. The zero-order valence-electron chi connectivity index (χ0n) is 10.3. The summed E-state index contributed by atoms with van der Waals surface area (Å²) in [6.07, 6.45) is 1.94. The minimum absolute atomic E-state index is 0.107. The molecule has 2 N–H and O–H groups in total. The lowest BCUT2D eigenvalue weighted by molar-refractivity contribution is -0.116. The Morgan fingerprint density at radius 2 is 2.28 bits per heavy atom. The first kappa shape index (κ1) is 14.3. The summed E-state index contributed by atoms with van der Waals surface area (Å²) in [4.78, 5) is 12.9. The van der Waals surface area contributed by atoms with Crippen molar-refractivity contribution in [1.82, 2.24) is 0 Å². The molecule has 5 heteroatoms. The van der Waals surface area contributed by atoms with Crippen LogP contribution in [0.3, 0.4) is 0 Å². The van der Waals surface area contributed by atoms with Gasteiger partial charge in [-0.1, -0.05) is 24.9 Å². The smallest absolute Gasteiger partial charge is 0.236 e. The maximum atomic E-state index is 11.1. The number of halogens is 1. The highest BCUT2D eigenvalue weighted by molar-refractivity contribution is 6.30. The van der Waals surface area contributed by atoms with Crippen LogP contribution >= 0.6 is 11.6 Å². The molecule has 0 aliphatic rings. The van der Waals surface area contributed by atoms with E-state index in [0.717, 1.165) is 12.8 Å². The first-order chi connectivity index (χ1) is 8.58. The van der Waals surface area contributed by atoms with Gasteiger partial charge in [0.05, 0.1) is 17.8 Å². The minimum atomic E-state index is -0.412. The fraction of sp³-hybridized carbons (Fsp3) is 0.385. The van der Waals surface area contributed by atoms with Crippen molar-refractivity contribution in [2.75, 3.05) is 18.0 Å². The summed E-state index contributed by atoms with van der Waals surface area (Å²) >= 11 is 5.85. The van der Waals surface area contributed by atoms with E-state index < -0.39 is 5.91 Å². The fourth-order valence-corrected chi connectivity index (χ4v) is 1.87. The van der Waals surface area contributed by atoms with Crippen molar-refractivity contribution in [3.63, 3.8) is 0 Å². The van der Waals surface area contributed by atoms with Crippen LogP contribution in [-0.4, -0.2) is 19.0 Å². The van der Waals surface area contributed by atoms with Crippen molar-refractivity contribution in [1.29, 1.82) is 5.26 Å². The van der Waals surface area contributed by atoms with Crippen LogP contribution in [-0.2, 0) is 4.79 Å². The third-order valence-electron chi connectivity index (χ3n) is 2.55. The average Bonchev–Trinajstić information content (AvgIpc) is 2.34. The van der Waals surface area contributed by atoms with Gasteiger partial charge in [-0.2, -0.15) is 5.26 Å². The van der Waals surface area contributed by atoms with Crippen LogP contribution in [0.2, 0.25) is 5.02 Å². The predicted octanol–water partition coefficient (Wildman–Crippen LogP) is 2.30. The molecule has 18 heavy (non-hydrogen) atoms. The van der Waals surface area contributed by atoms with Crippen LogP contribution in [0.5, 0.6) is 0 Å². The van der Waals surface area contributed by atoms with Crippen molar-refractivity contribution in [3.8, 4) is 6.07 Å². The summed E-state index contributed by atoms with van der Waals surface area (Å²) in [7, 11) is 0. The number of hydrogen-bond donors (Lipinski definition) is 1. The Bertz CT molecular complexity index is 468. The lowest BCUT2D eigenvalue weighted by Crippen LogP contribution is -2.35. The number of nitrogens with zero attached hydrogens (tertiary/aromatic N) is 2. The van der Waals surface area contributed by atoms with Gasteiger partial charge in [-0.05, 0) is 24.6 Å². The maximum absolute atomic E-state index is 11.1.